The molecule has 0 aliphatic rings. The van der Waals surface area contributed by atoms with E-state index in [2.05, 4.69) is 4.74 Å². The van der Waals surface area contributed by atoms with Gasteiger partial charge in [-0.3, -0.25) is 0 Å². The van der Waals surface area contributed by atoms with E-state index in [0.717, 1.165) is 12.1 Å². The first-order chi connectivity index (χ1) is 7.15. The van der Waals surface area contributed by atoms with Crippen LogP contribution in [-0.4, -0.2) is 13.1 Å². The van der Waals surface area contributed by atoms with Crippen LogP contribution in [0.2, 0.25) is 0 Å². The molecule has 0 atom stereocenters. The quantitative estimate of drug-likeness (QED) is 0.547. The van der Waals surface area contributed by atoms with Crippen LogP contribution in [0, 0.1) is 17.1 Å². The summed E-state index contributed by atoms with van der Waals surface area (Å²) in [6.07, 6.45) is 2.55. The average Bonchev–Trinajstić information content (AvgIpc) is 2.25. The molecule has 0 unspecified atom stereocenters. The number of nitrogens with zero attached hydrogens (tertiary/aromatic N) is 1. The van der Waals surface area contributed by atoms with Gasteiger partial charge in [-0.25, -0.2) is 9.18 Å². The number of hydrogen-bond donors (Lipinski definition) is 0. The number of hydrogen-bond acceptors (Lipinski definition) is 3. The van der Waals surface area contributed by atoms with Crippen LogP contribution in [0.15, 0.2) is 24.3 Å². The van der Waals surface area contributed by atoms with E-state index >= 15 is 0 Å². The van der Waals surface area contributed by atoms with E-state index in [1.54, 1.807) is 0 Å². The van der Waals surface area contributed by atoms with Crippen LogP contribution in [0.4, 0.5) is 4.39 Å². The average molecular weight is 205 g/mol. The van der Waals surface area contributed by atoms with Crippen LogP contribution in [-0.2, 0) is 9.53 Å². The smallest absolute Gasteiger partial charge is 0.330 e. The molecule has 4 heteroatoms. The molecule has 0 bridgehead atoms. The molecule has 0 amide bonds. The van der Waals surface area contributed by atoms with Gasteiger partial charge in [0.05, 0.1) is 18.7 Å². The number of halogens is 1. The number of carbonyl (C=O) groups excluding carboxylic acids is 1. The van der Waals surface area contributed by atoms with E-state index in [0.29, 0.717) is 5.56 Å². The highest BCUT2D eigenvalue weighted by Gasteiger charge is 1.98. The molecule has 3 nitrogen and oxygen atoms in total. The first-order valence-electron chi connectivity index (χ1n) is 4.12. The van der Waals surface area contributed by atoms with Gasteiger partial charge in [0.1, 0.15) is 5.82 Å². The Morgan fingerprint density at radius 3 is 2.87 bits per heavy atom. The van der Waals surface area contributed by atoms with E-state index < -0.39 is 11.8 Å². The van der Waals surface area contributed by atoms with Gasteiger partial charge in [-0.05, 0) is 29.8 Å². The summed E-state index contributed by atoms with van der Waals surface area (Å²) in [5.41, 5.74) is 0.650. The third-order valence-corrected chi connectivity index (χ3v) is 1.66. The summed E-state index contributed by atoms with van der Waals surface area (Å²) < 4.78 is 17.3. The maximum Gasteiger partial charge on any atom is 0.330 e. The lowest BCUT2D eigenvalue weighted by molar-refractivity contribution is -0.134. The molecule has 0 spiro atoms. The summed E-state index contributed by atoms with van der Waals surface area (Å²) in [5, 5.41) is 8.58. The highest BCUT2D eigenvalue weighted by Crippen LogP contribution is 2.10. The normalized spacial score (nSPS) is 9.93. The first kappa shape index (κ1) is 10.9. The second kappa shape index (κ2) is 4.91. The molecule has 0 saturated heterocycles. The molecule has 0 aromatic heterocycles. The van der Waals surface area contributed by atoms with E-state index in [1.165, 1.54) is 25.3 Å². The van der Waals surface area contributed by atoms with Crippen LogP contribution in [0.1, 0.15) is 11.1 Å². The van der Waals surface area contributed by atoms with Gasteiger partial charge in [0.2, 0.25) is 0 Å². The molecule has 0 N–H and O–H groups in total. The van der Waals surface area contributed by atoms with Gasteiger partial charge in [0, 0.05) is 6.08 Å². The number of carbonyl (C=O) groups is 1. The summed E-state index contributed by atoms with van der Waals surface area (Å²) in [6, 6.07) is 5.64. The fourth-order valence-electron chi connectivity index (χ4n) is 1.01. The lowest BCUT2D eigenvalue weighted by Gasteiger charge is -1.95. The van der Waals surface area contributed by atoms with Crippen molar-refractivity contribution >= 4 is 12.0 Å². The van der Waals surface area contributed by atoms with Crippen molar-refractivity contribution in [3.63, 3.8) is 0 Å². The Kier molecular flexibility index (Phi) is 3.58. The Labute approximate surface area is 86.4 Å². The second-order valence-electron chi connectivity index (χ2n) is 2.74. The fraction of sp³-hybridized carbons (Fsp3) is 0.0909. The summed E-state index contributed by atoms with van der Waals surface area (Å²) in [6.45, 7) is 0. The third kappa shape index (κ3) is 3.24. The highest BCUT2D eigenvalue weighted by atomic mass is 19.1. The number of esters is 1. The minimum absolute atomic E-state index is 0.208. The number of benzene rings is 1. The van der Waals surface area contributed by atoms with Crippen LogP contribution in [0.5, 0.6) is 0 Å². The lowest BCUT2D eigenvalue weighted by atomic mass is 10.1. The van der Waals surface area contributed by atoms with Crippen LogP contribution in [0.3, 0.4) is 0 Å². The molecule has 1 aromatic carbocycles. The van der Waals surface area contributed by atoms with Crippen LogP contribution >= 0.6 is 0 Å². The topological polar surface area (TPSA) is 50.1 Å². The molecule has 15 heavy (non-hydrogen) atoms. The molecular weight excluding hydrogens is 197 g/mol. The molecule has 0 aliphatic carbocycles. The van der Waals surface area contributed by atoms with E-state index in [1.807, 2.05) is 6.07 Å². The van der Waals surface area contributed by atoms with Gasteiger partial charge in [0.25, 0.3) is 0 Å². The molecule has 1 rings (SSSR count). The minimum Gasteiger partial charge on any atom is -0.466 e. The van der Waals surface area contributed by atoms with Crippen molar-refractivity contribution in [2.45, 2.75) is 0 Å². The Morgan fingerprint density at radius 1 is 1.53 bits per heavy atom. The molecule has 0 heterocycles. The van der Waals surface area contributed by atoms with Crippen molar-refractivity contribution in [3.8, 4) is 6.07 Å². The Morgan fingerprint density at radius 2 is 2.27 bits per heavy atom. The summed E-state index contributed by atoms with van der Waals surface area (Å²) in [7, 11) is 1.25. The molecular formula is C11H8FNO2. The summed E-state index contributed by atoms with van der Waals surface area (Å²) >= 11 is 0. The zero-order chi connectivity index (χ0) is 11.3. The van der Waals surface area contributed by atoms with Gasteiger partial charge in [-0.2, -0.15) is 5.26 Å². The Hall–Kier alpha value is -2.15. The zero-order valence-corrected chi connectivity index (χ0v) is 8.03. The van der Waals surface area contributed by atoms with Crippen molar-refractivity contribution < 1.29 is 13.9 Å². The molecule has 0 fully saturated rings. The fourth-order valence-corrected chi connectivity index (χ4v) is 1.01. The molecule has 0 aliphatic heterocycles. The zero-order valence-electron chi connectivity index (χ0n) is 8.03. The van der Waals surface area contributed by atoms with E-state index in [9.17, 15) is 9.18 Å². The monoisotopic (exact) mass is 205 g/mol. The maximum absolute atomic E-state index is 12.9. The molecule has 0 saturated carbocycles. The predicted octanol–water partition coefficient (Wildman–Crippen LogP) is 1.88. The van der Waals surface area contributed by atoms with Crippen molar-refractivity contribution in [2.24, 2.45) is 0 Å². The summed E-state index contributed by atoms with van der Waals surface area (Å²) in [4.78, 5) is 10.8. The first-order valence-corrected chi connectivity index (χ1v) is 4.12. The second-order valence-corrected chi connectivity index (χ2v) is 2.74. The van der Waals surface area contributed by atoms with Gasteiger partial charge >= 0.3 is 5.97 Å². The van der Waals surface area contributed by atoms with Gasteiger partial charge in [-0.15, -0.1) is 0 Å². The Balaban J connectivity index is 2.96. The van der Waals surface area contributed by atoms with Gasteiger partial charge < -0.3 is 4.74 Å². The van der Waals surface area contributed by atoms with Crippen molar-refractivity contribution in [2.75, 3.05) is 7.11 Å². The van der Waals surface area contributed by atoms with Crippen molar-refractivity contribution in [1.82, 2.24) is 0 Å². The Bertz CT molecular complexity index is 446. The minimum atomic E-state index is -0.530. The maximum atomic E-state index is 12.9. The van der Waals surface area contributed by atoms with Crippen molar-refractivity contribution in [3.05, 3.63) is 41.2 Å². The molecule has 0 radical (unpaired) electrons. The van der Waals surface area contributed by atoms with E-state index in [-0.39, 0.29) is 5.56 Å². The van der Waals surface area contributed by atoms with Crippen molar-refractivity contribution in [1.29, 1.82) is 5.26 Å². The predicted molar refractivity (Wildman–Crippen MR) is 52.2 cm³/mol. The highest BCUT2D eigenvalue weighted by molar-refractivity contribution is 5.86. The third-order valence-electron chi connectivity index (χ3n) is 1.66. The largest absolute Gasteiger partial charge is 0.466 e. The van der Waals surface area contributed by atoms with Crippen LogP contribution < -0.4 is 0 Å². The van der Waals surface area contributed by atoms with Crippen LogP contribution in [0.25, 0.3) is 6.08 Å². The summed E-state index contributed by atoms with van der Waals surface area (Å²) in [5.74, 6) is -1.05. The lowest BCUT2D eigenvalue weighted by Crippen LogP contribution is -1.93. The molecule has 1 aromatic rings. The SMILES string of the molecule is COC(=O)C=Cc1cc(F)cc(C#N)c1. The number of nitriles is 1. The molecule has 76 valence electrons. The van der Waals surface area contributed by atoms with Gasteiger partial charge in [-0.1, -0.05) is 0 Å². The number of ether oxygens (including phenoxy) is 1. The number of methoxy groups -OCH3 is 1. The van der Waals surface area contributed by atoms with Gasteiger partial charge in [0.15, 0.2) is 0 Å². The number of rotatable bonds is 2. The van der Waals surface area contributed by atoms with E-state index in [4.69, 9.17) is 5.26 Å². The standard InChI is InChI=1S/C11H8FNO2/c1-15-11(14)3-2-8-4-9(7-13)6-10(12)5-8/h2-6H,1H3.